The molecule has 1 aromatic carbocycles. The van der Waals surface area contributed by atoms with Crippen LogP contribution >= 0.6 is 0 Å². The van der Waals surface area contributed by atoms with Gasteiger partial charge in [-0.25, -0.2) is 0 Å². The molecule has 0 unspecified atom stereocenters. The maximum atomic E-state index is 12.6. The van der Waals surface area contributed by atoms with Crippen molar-refractivity contribution in [1.82, 2.24) is 20.4 Å². The molecule has 2 aliphatic carbocycles. The number of carbonyl (C=O) groups excluding carboxylic acids is 1. The standard InChI is InChI=1S/C22H28N4O3/c1-13-3-6-16(7-14(13)2)19-10-20(25-24-19)22(29)23-17-8-18(9-17)26(12-21(27)28)11-15-4-5-15/h3,6-7,10,15,17-18H,4-5,8-9,11-12H2,1-2H3,(H,23,29)(H,24,25)(H,27,28). The lowest BCUT2D eigenvalue weighted by Gasteiger charge is -2.42. The second-order valence-electron chi connectivity index (χ2n) is 8.53. The fourth-order valence-corrected chi connectivity index (χ4v) is 3.90. The Balaban J connectivity index is 1.32. The predicted octanol–water partition coefficient (Wildman–Crippen LogP) is 2.75. The molecule has 0 atom stereocenters. The zero-order valence-corrected chi connectivity index (χ0v) is 16.9. The molecule has 2 saturated carbocycles. The summed E-state index contributed by atoms with van der Waals surface area (Å²) in [6.07, 6.45) is 3.99. The maximum absolute atomic E-state index is 12.6. The Labute approximate surface area is 170 Å². The van der Waals surface area contributed by atoms with Crippen LogP contribution in [0.4, 0.5) is 0 Å². The molecule has 7 nitrogen and oxygen atoms in total. The molecular formula is C22H28N4O3. The van der Waals surface area contributed by atoms with Crippen molar-refractivity contribution in [3.63, 3.8) is 0 Å². The van der Waals surface area contributed by atoms with Crippen LogP contribution in [0.2, 0.25) is 0 Å². The molecule has 3 N–H and O–H groups in total. The Kier molecular flexibility index (Phi) is 5.41. The van der Waals surface area contributed by atoms with E-state index in [4.69, 9.17) is 5.11 Å². The highest BCUT2D eigenvalue weighted by Crippen LogP contribution is 2.34. The number of amides is 1. The van der Waals surface area contributed by atoms with Crippen LogP contribution in [-0.4, -0.2) is 57.3 Å². The first-order chi connectivity index (χ1) is 13.9. The first-order valence-electron chi connectivity index (χ1n) is 10.3. The quantitative estimate of drug-likeness (QED) is 0.637. The van der Waals surface area contributed by atoms with Crippen LogP contribution in [0.3, 0.4) is 0 Å². The van der Waals surface area contributed by atoms with Gasteiger partial charge in [0.1, 0.15) is 5.69 Å². The Morgan fingerprint density at radius 3 is 2.62 bits per heavy atom. The third kappa shape index (κ3) is 4.67. The van der Waals surface area contributed by atoms with E-state index in [0.29, 0.717) is 11.6 Å². The maximum Gasteiger partial charge on any atom is 0.317 e. The van der Waals surface area contributed by atoms with Gasteiger partial charge in [0, 0.05) is 24.2 Å². The normalized spacial score (nSPS) is 21.1. The van der Waals surface area contributed by atoms with Gasteiger partial charge in [-0.1, -0.05) is 12.1 Å². The topological polar surface area (TPSA) is 98.3 Å². The number of benzene rings is 1. The summed E-state index contributed by atoms with van der Waals surface area (Å²) in [5, 5.41) is 19.3. The van der Waals surface area contributed by atoms with Crippen molar-refractivity contribution in [1.29, 1.82) is 0 Å². The first-order valence-corrected chi connectivity index (χ1v) is 10.3. The highest BCUT2D eigenvalue weighted by atomic mass is 16.4. The average molecular weight is 396 g/mol. The van der Waals surface area contributed by atoms with Gasteiger partial charge >= 0.3 is 5.97 Å². The van der Waals surface area contributed by atoms with E-state index < -0.39 is 5.97 Å². The molecule has 0 spiro atoms. The second-order valence-corrected chi connectivity index (χ2v) is 8.53. The number of aryl methyl sites for hydroxylation is 2. The number of nitrogens with one attached hydrogen (secondary N) is 2. The molecule has 0 radical (unpaired) electrons. The summed E-state index contributed by atoms with van der Waals surface area (Å²) in [5.41, 5.74) is 4.59. The Morgan fingerprint density at radius 1 is 1.21 bits per heavy atom. The second kappa shape index (κ2) is 7.99. The average Bonchev–Trinajstić information content (AvgIpc) is 3.31. The summed E-state index contributed by atoms with van der Waals surface area (Å²) in [4.78, 5) is 25.8. The molecule has 2 aliphatic rings. The van der Waals surface area contributed by atoms with Crippen LogP contribution in [-0.2, 0) is 4.79 Å². The molecule has 0 aliphatic heterocycles. The number of aromatic amines is 1. The molecule has 1 heterocycles. The molecule has 0 saturated heterocycles. The van der Waals surface area contributed by atoms with Crippen molar-refractivity contribution in [3.8, 4) is 11.3 Å². The molecule has 154 valence electrons. The predicted molar refractivity (Wildman–Crippen MR) is 110 cm³/mol. The van der Waals surface area contributed by atoms with Gasteiger partial charge in [-0.15, -0.1) is 0 Å². The number of rotatable bonds is 8. The number of carboxylic acid groups (broad SMARTS) is 1. The van der Waals surface area contributed by atoms with Gasteiger partial charge in [0.25, 0.3) is 5.91 Å². The Morgan fingerprint density at radius 2 is 1.97 bits per heavy atom. The van der Waals surface area contributed by atoms with E-state index in [1.807, 2.05) is 6.07 Å². The van der Waals surface area contributed by atoms with E-state index in [0.717, 1.165) is 30.6 Å². The van der Waals surface area contributed by atoms with Crippen molar-refractivity contribution in [2.24, 2.45) is 5.92 Å². The number of H-pyrrole nitrogens is 1. The van der Waals surface area contributed by atoms with E-state index in [1.165, 1.54) is 24.0 Å². The van der Waals surface area contributed by atoms with Crippen LogP contribution in [0.25, 0.3) is 11.3 Å². The van der Waals surface area contributed by atoms with Crippen molar-refractivity contribution in [3.05, 3.63) is 41.1 Å². The summed E-state index contributed by atoms with van der Waals surface area (Å²) >= 11 is 0. The molecule has 1 aromatic heterocycles. The van der Waals surface area contributed by atoms with Crippen LogP contribution in [0.15, 0.2) is 24.3 Å². The third-order valence-corrected chi connectivity index (χ3v) is 6.12. The largest absolute Gasteiger partial charge is 0.480 e. The SMILES string of the molecule is Cc1ccc(-c2cc(C(=O)NC3CC(N(CC(=O)O)CC4CC4)C3)[nH]n2)cc1C. The molecule has 2 fully saturated rings. The molecule has 1 amide bonds. The lowest BCUT2D eigenvalue weighted by Crippen LogP contribution is -2.55. The highest BCUT2D eigenvalue weighted by molar-refractivity contribution is 5.93. The fourth-order valence-electron chi connectivity index (χ4n) is 3.90. The summed E-state index contributed by atoms with van der Waals surface area (Å²) in [6.45, 7) is 5.07. The van der Waals surface area contributed by atoms with Gasteiger partial charge in [-0.3, -0.25) is 19.6 Å². The zero-order valence-electron chi connectivity index (χ0n) is 16.9. The van der Waals surface area contributed by atoms with Gasteiger partial charge in [0.05, 0.1) is 12.2 Å². The van der Waals surface area contributed by atoms with Gasteiger partial charge in [-0.2, -0.15) is 5.10 Å². The third-order valence-electron chi connectivity index (χ3n) is 6.12. The lowest BCUT2D eigenvalue weighted by molar-refractivity contribution is -0.139. The fraction of sp³-hybridized carbons (Fsp3) is 0.500. The van der Waals surface area contributed by atoms with Crippen LogP contribution in [0.1, 0.15) is 47.3 Å². The monoisotopic (exact) mass is 396 g/mol. The van der Waals surface area contributed by atoms with Crippen LogP contribution < -0.4 is 5.32 Å². The van der Waals surface area contributed by atoms with Gasteiger partial charge in [0.15, 0.2) is 0 Å². The lowest BCUT2D eigenvalue weighted by atomic mass is 9.85. The minimum Gasteiger partial charge on any atom is -0.480 e. The molecular weight excluding hydrogens is 368 g/mol. The highest BCUT2D eigenvalue weighted by Gasteiger charge is 2.37. The summed E-state index contributed by atoms with van der Waals surface area (Å²) in [5.74, 6) is -0.297. The van der Waals surface area contributed by atoms with E-state index in [9.17, 15) is 9.59 Å². The number of nitrogens with zero attached hydrogens (tertiary/aromatic N) is 2. The van der Waals surface area contributed by atoms with E-state index in [-0.39, 0.29) is 24.5 Å². The van der Waals surface area contributed by atoms with E-state index in [2.05, 4.69) is 46.4 Å². The number of aromatic nitrogens is 2. The first kappa shape index (κ1) is 19.6. The number of aliphatic carboxylic acids is 1. The smallest absolute Gasteiger partial charge is 0.317 e. The van der Waals surface area contributed by atoms with E-state index in [1.54, 1.807) is 6.07 Å². The van der Waals surface area contributed by atoms with Crippen LogP contribution in [0.5, 0.6) is 0 Å². The minimum absolute atomic E-state index is 0.0800. The zero-order chi connectivity index (χ0) is 20.5. The van der Waals surface area contributed by atoms with Gasteiger partial charge in [-0.05, 0) is 68.7 Å². The van der Waals surface area contributed by atoms with Crippen LogP contribution in [0, 0.1) is 19.8 Å². The van der Waals surface area contributed by atoms with Crippen molar-refractivity contribution < 1.29 is 14.7 Å². The number of carbonyl (C=O) groups is 2. The number of hydrogen-bond donors (Lipinski definition) is 3. The summed E-state index contributed by atoms with van der Waals surface area (Å²) < 4.78 is 0. The summed E-state index contributed by atoms with van der Waals surface area (Å²) in [7, 11) is 0. The van der Waals surface area contributed by atoms with Crippen molar-refractivity contribution >= 4 is 11.9 Å². The summed E-state index contributed by atoms with van der Waals surface area (Å²) in [6, 6.07) is 8.23. The van der Waals surface area contributed by atoms with Gasteiger partial charge < -0.3 is 10.4 Å². The molecule has 2 aromatic rings. The van der Waals surface area contributed by atoms with Gasteiger partial charge in [0.2, 0.25) is 0 Å². The Bertz CT molecular complexity index is 913. The van der Waals surface area contributed by atoms with E-state index >= 15 is 0 Å². The molecule has 29 heavy (non-hydrogen) atoms. The molecule has 7 heteroatoms. The van der Waals surface area contributed by atoms with Crippen molar-refractivity contribution in [2.45, 2.75) is 51.6 Å². The molecule has 4 rings (SSSR count). The Hall–Kier alpha value is -2.67. The minimum atomic E-state index is -0.783. The molecule has 0 bridgehead atoms. The number of carboxylic acids is 1. The number of hydrogen-bond acceptors (Lipinski definition) is 4. The van der Waals surface area contributed by atoms with Crippen molar-refractivity contribution in [2.75, 3.05) is 13.1 Å².